The monoisotopic (exact) mass is 195 g/mol. The molecule has 0 saturated heterocycles. The molecule has 0 aliphatic rings. The van der Waals surface area contributed by atoms with Crippen LogP contribution >= 0.6 is 0 Å². The molecule has 0 aromatic heterocycles. The topological polar surface area (TPSA) is 66.5 Å². The van der Waals surface area contributed by atoms with E-state index in [0.29, 0.717) is 5.56 Å². The van der Waals surface area contributed by atoms with E-state index in [1.807, 2.05) is 0 Å². The zero-order chi connectivity index (χ0) is 11.0. The normalized spacial score (nSPS) is 16.4. The first-order chi connectivity index (χ1) is 6.27. The molecule has 1 atom stereocenters. The summed E-state index contributed by atoms with van der Waals surface area (Å²) in [5.41, 5.74) is 4.24. The Morgan fingerprint density at radius 2 is 1.64 bits per heavy atom. The quantitative estimate of drug-likeness (QED) is 0.667. The van der Waals surface area contributed by atoms with Crippen LogP contribution in [0.1, 0.15) is 26.3 Å². The molecule has 3 heteroatoms. The second-order valence-electron chi connectivity index (χ2n) is 4.31. The van der Waals surface area contributed by atoms with Crippen molar-refractivity contribution >= 4 is 0 Å². The maximum Gasteiger partial charge on any atom is 0.121 e. The number of rotatable bonds is 2. The first kappa shape index (κ1) is 11.0. The Labute approximate surface area is 84.2 Å². The number of phenolic OH excluding ortho intramolecular Hbond substituents is 1. The fourth-order valence-electron chi connectivity index (χ4n) is 1.23. The summed E-state index contributed by atoms with van der Waals surface area (Å²) < 4.78 is 0. The van der Waals surface area contributed by atoms with Crippen molar-refractivity contribution < 1.29 is 10.2 Å². The van der Waals surface area contributed by atoms with E-state index in [0.717, 1.165) is 0 Å². The molecular weight excluding hydrogens is 178 g/mol. The Kier molecular flexibility index (Phi) is 2.56. The number of para-hydroxylation sites is 1. The minimum Gasteiger partial charge on any atom is -0.508 e. The summed E-state index contributed by atoms with van der Waals surface area (Å²) in [4.78, 5) is 0. The largest absolute Gasteiger partial charge is 0.508 e. The zero-order valence-electron chi connectivity index (χ0n) is 8.78. The standard InChI is InChI=1S/C11H17NO2/c1-10(2,12)11(3,14)8-6-4-5-7-9(8)13/h4-7,13-14H,12H2,1-3H3. The summed E-state index contributed by atoms with van der Waals surface area (Å²) in [5, 5.41) is 19.8. The van der Waals surface area contributed by atoms with E-state index in [-0.39, 0.29) is 5.75 Å². The molecular formula is C11H17NO2. The van der Waals surface area contributed by atoms with Gasteiger partial charge >= 0.3 is 0 Å². The van der Waals surface area contributed by atoms with Crippen LogP contribution in [0.5, 0.6) is 5.75 Å². The third-order valence-corrected chi connectivity index (χ3v) is 2.68. The maximum absolute atomic E-state index is 10.2. The first-order valence-corrected chi connectivity index (χ1v) is 4.56. The number of aromatic hydroxyl groups is 1. The average Bonchev–Trinajstić information content (AvgIpc) is 2.02. The lowest BCUT2D eigenvalue weighted by molar-refractivity contribution is -0.0105. The minimum atomic E-state index is -1.25. The molecule has 4 N–H and O–H groups in total. The van der Waals surface area contributed by atoms with Gasteiger partial charge in [-0.3, -0.25) is 0 Å². The van der Waals surface area contributed by atoms with Crippen LogP contribution in [0.3, 0.4) is 0 Å². The van der Waals surface area contributed by atoms with Gasteiger partial charge in [0.2, 0.25) is 0 Å². The highest BCUT2D eigenvalue weighted by molar-refractivity contribution is 5.38. The number of benzene rings is 1. The molecule has 1 unspecified atom stereocenters. The molecule has 0 bridgehead atoms. The van der Waals surface area contributed by atoms with Crippen molar-refractivity contribution in [2.24, 2.45) is 5.73 Å². The molecule has 0 radical (unpaired) electrons. The van der Waals surface area contributed by atoms with Gasteiger partial charge < -0.3 is 15.9 Å². The predicted molar refractivity (Wildman–Crippen MR) is 55.9 cm³/mol. The van der Waals surface area contributed by atoms with Crippen molar-refractivity contribution in [2.75, 3.05) is 0 Å². The Morgan fingerprint density at radius 3 is 2.07 bits per heavy atom. The van der Waals surface area contributed by atoms with Gasteiger partial charge in [-0.25, -0.2) is 0 Å². The fourth-order valence-corrected chi connectivity index (χ4v) is 1.23. The van der Waals surface area contributed by atoms with E-state index in [1.54, 1.807) is 39.0 Å². The Morgan fingerprint density at radius 1 is 1.14 bits per heavy atom. The summed E-state index contributed by atoms with van der Waals surface area (Å²) in [6.07, 6.45) is 0. The lowest BCUT2D eigenvalue weighted by Crippen LogP contribution is -2.52. The van der Waals surface area contributed by atoms with E-state index >= 15 is 0 Å². The molecule has 0 aliphatic heterocycles. The third kappa shape index (κ3) is 1.74. The second kappa shape index (κ2) is 3.26. The summed E-state index contributed by atoms with van der Waals surface area (Å²) in [5.74, 6) is 0.0658. The molecule has 3 nitrogen and oxygen atoms in total. The van der Waals surface area contributed by atoms with E-state index < -0.39 is 11.1 Å². The van der Waals surface area contributed by atoms with Gasteiger partial charge in [-0.2, -0.15) is 0 Å². The number of nitrogens with two attached hydrogens (primary N) is 1. The van der Waals surface area contributed by atoms with Crippen LogP contribution in [-0.4, -0.2) is 15.8 Å². The van der Waals surface area contributed by atoms with Gasteiger partial charge in [0, 0.05) is 11.1 Å². The van der Waals surface area contributed by atoms with Crippen LogP contribution in [0.25, 0.3) is 0 Å². The number of hydrogen-bond donors (Lipinski definition) is 3. The van der Waals surface area contributed by atoms with Crippen LogP contribution in [0.4, 0.5) is 0 Å². The molecule has 78 valence electrons. The molecule has 14 heavy (non-hydrogen) atoms. The van der Waals surface area contributed by atoms with Crippen LogP contribution in [0.2, 0.25) is 0 Å². The highest BCUT2D eigenvalue weighted by Crippen LogP contribution is 2.35. The molecule has 0 amide bonds. The van der Waals surface area contributed by atoms with Crippen LogP contribution in [0, 0.1) is 0 Å². The Bertz CT molecular complexity index is 326. The lowest BCUT2D eigenvalue weighted by Gasteiger charge is -2.37. The van der Waals surface area contributed by atoms with Crippen LogP contribution < -0.4 is 5.73 Å². The Balaban J connectivity index is 3.23. The number of phenols is 1. The van der Waals surface area contributed by atoms with Crippen molar-refractivity contribution in [3.05, 3.63) is 29.8 Å². The van der Waals surface area contributed by atoms with Crippen LogP contribution in [0.15, 0.2) is 24.3 Å². The van der Waals surface area contributed by atoms with E-state index in [1.165, 1.54) is 6.07 Å². The molecule has 0 aliphatic carbocycles. The third-order valence-electron chi connectivity index (χ3n) is 2.68. The van der Waals surface area contributed by atoms with Gasteiger partial charge in [0.1, 0.15) is 11.4 Å². The second-order valence-corrected chi connectivity index (χ2v) is 4.31. The number of hydrogen-bond acceptors (Lipinski definition) is 3. The molecule has 0 saturated carbocycles. The molecule has 1 aromatic rings. The highest BCUT2D eigenvalue weighted by atomic mass is 16.3. The van der Waals surface area contributed by atoms with Crippen molar-refractivity contribution in [1.29, 1.82) is 0 Å². The van der Waals surface area contributed by atoms with Gasteiger partial charge in [0.05, 0.1) is 0 Å². The predicted octanol–water partition coefficient (Wildman–Crippen LogP) is 1.34. The summed E-state index contributed by atoms with van der Waals surface area (Å²) in [6, 6.07) is 6.67. The van der Waals surface area contributed by atoms with E-state index in [2.05, 4.69) is 0 Å². The molecule has 1 aromatic carbocycles. The summed E-state index contributed by atoms with van der Waals surface area (Å²) in [6.45, 7) is 5.04. The molecule has 0 spiro atoms. The van der Waals surface area contributed by atoms with E-state index in [4.69, 9.17) is 5.73 Å². The molecule has 1 rings (SSSR count). The van der Waals surface area contributed by atoms with E-state index in [9.17, 15) is 10.2 Å². The SMILES string of the molecule is CC(C)(N)C(C)(O)c1ccccc1O. The molecule has 0 fully saturated rings. The first-order valence-electron chi connectivity index (χ1n) is 4.56. The maximum atomic E-state index is 10.2. The summed E-state index contributed by atoms with van der Waals surface area (Å²) in [7, 11) is 0. The molecule has 0 heterocycles. The van der Waals surface area contributed by atoms with Crippen molar-refractivity contribution in [3.63, 3.8) is 0 Å². The minimum absolute atomic E-state index is 0.0658. The smallest absolute Gasteiger partial charge is 0.121 e. The van der Waals surface area contributed by atoms with Gasteiger partial charge in [0.25, 0.3) is 0 Å². The highest BCUT2D eigenvalue weighted by Gasteiger charge is 2.39. The van der Waals surface area contributed by atoms with Crippen molar-refractivity contribution in [3.8, 4) is 5.75 Å². The lowest BCUT2D eigenvalue weighted by atomic mass is 9.79. The van der Waals surface area contributed by atoms with Crippen molar-refractivity contribution in [2.45, 2.75) is 31.9 Å². The van der Waals surface area contributed by atoms with Gasteiger partial charge in [-0.15, -0.1) is 0 Å². The van der Waals surface area contributed by atoms with Gasteiger partial charge in [-0.05, 0) is 26.8 Å². The fraction of sp³-hybridized carbons (Fsp3) is 0.455. The van der Waals surface area contributed by atoms with Crippen LogP contribution in [-0.2, 0) is 5.60 Å². The van der Waals surface area contributed by atoms with Crippen molar-refractivity contribution in [1.82, 2.24) is 0 Å². The zero-order valence-corrected chi connectivity index (χ0v) is 8.78. The summed E-state index contributed by atoms with van der Waals surface area (Å²) >= 11 is 0. The van der Waals surface area contributed by atoms with Gasteiger partial charge in [-0.1, -0.05) is 18.2 Å². The van der Waals surface area contributed by atoms with Gasteiger partial charge in [0.15, 0.2) is 0 Å². The average molecular weight is 195 g/mol. The number of aliphatic hydroxyl groups is 1. The Hall–Kier alpha value is -1.06.